The fourth-order valence-corrected chi connectivity index (χ4v) is 2.11. The van der Waals surface area contributed by atoms with E-state index in [1.165, 1.54) is 23.9 Å². The summed E-state index contributed by atoms with van der Waals surface area (Å²) in [5.74, 6) is -0.981. The minimum atomic E-state index is -1.07. The topological polar surface area (TPSA) is 86.6 Å². The van der Waals surface area contributed by atoms with E-state index >= 15 is 0 Å². The van der Waals surface area contributed by atoms with Crippen LogP contribution in [0.25, 0.3) is 0 Å². The molecule has 1 aromatic carbocycles. The number of aromatic hydroxyl groups is 1. The maximum atomic E-state index is 11.7. The molecule has 0 aromatic heterocycles. The van der Waals surface area contributed by atoms with Crippen molar-refractivity contribution < 1.29 is 19.8 Å². The van der Waals surface area contributed by atoms with Crippen LogP contribution in [-0.4, -0.2) is 39.1 Å². The van der Waals surface area contributed by atoms with Gasteiger partial charge in [0.2, 0.25) is 5.91 Å². The zero-order chi connectivity index (χ0) is 15.1. The summed E-state index contributed by atoms with van der Waals surface area (Å²) >= 11 is 1.46. The van der Waals surface area contributed by atoms with E-state index in [1.54, 1.807) is 12.1 Å². The van der Waals surface area contributed by atoms with Crippen molar-refractivity contribution in [3.63, 3.8) is 0 Å². The van der Waals surface area contributed by atoms with Gasteiger partial charge >= 0.3 is 5.97 Å². The van der Waals surface area contributed by atoms with E-state index in [4.69, 9.17) is 5.11 Å². The highest BCUT2D eigenvalue weighted by Gasteiger charge is 2.20. The summed E-state index contributed by atoms with van der Waals surface area (Å²) in [4.78, 5) is 22.8. The highest BCUT2D eigenvalue weighted by molar-refractivity contribution is 8.00. The Morgan fingerprint density at radius 3 is 2.35 bits per heavy atom. The number of carboxylic acids is 1. The number of rotatable bonds is 7. The highest BCUT2D eigenvalue weighted by atomic mass is 32.2. The second kappa shape index (κ2) is 7.79. The van der Waals surface area contributed by atoms with Gasteiger partial charge in [-0.25, -0.2) is 4.79 Å². The van der Waals surface area contributed by atoms with Crippen LogP contribution in [0.3, 0.4) is 0 Å². The molecule has 0 aliphatic carbocycles. The van der Waals surface area contributed by atoms with E-state index < -0.39 is 12.0 Å². The summed E-state index contributed by atoms with van der Waals surface area (Å²) in [5.41, 5.74) is 0.743. The van der Waals surface area contributed by atoms with E-state index in [-0.39, 0.29) is 23.8 Å². The molecule has 20 heavy (non-hydrogen) atoms. The van der Waals surface area contributed by atoms with Crippen LogP contribution < -0.4 is 5.32 Å². The fourth-order valence-electron chi connectivity index (χ4n) is 1.55. The summed E-state index contributed by atoms with van der Waals surface area (Å²) in [6.45, 7) is 3.95. The van der Waals surface area contributed by atoms with Crippen LogP contribution in [0.5, 0.6) is 5.75 Å². The Bertz CT molecular complexity index is 459. The Hall–Kier alpha value is -1.69. The van der Waals surface area contributed by atoms with Gasteiger partial charge in [0, 0.05) is 6.42 Å². The van der Waals surface area contributed by atoms with Crippen molar-refractivity contribution >= 4 is 23.6 Å². The summed E-state index contributed by atoms with van der Waals surface area (Å²) < 4.78 is 0. The Balaban J connectivity index is 2.58. The zero-order valence-corrected chi connectivity index (χ0v) is 12.3. The largest absolute Gasteiger partial charge is 0.508 e. The molecule has 0 unspecified atom stereocenters. The number of amides is 1. The van der Waals surface area contributed by atoms with Crippen molar-refractivity contribution in [1.82, 2.24) is 5.32 Å². The lowest BCUT2D eigenvalue weighted by Gasteiger charge is -2.15. The molecule has 6 heteroatoms. The van der Waals surface area contributed by atoms with Crippen LogP contribution >= 0.6 is 11.8 Å². The quantitative estimate of drug-likeness (QED) is 0.712. The number of benzene rings is 1. The predicted octanol–water partition coefficient (Wildman–Crippen LogP) is 1.65. The molecule has 0 spiro atoms. The van der Waals surface area contributed by atoms with Crippen LogP contribution in [0, 0.1) is 0 Å². The number of hydrogen-bond acceptors (Lipinski definition) is 4. The maximum absolute atomic E-state index is 11.7. The Morgan fingerprint density at radius 1 is 1.25 bits per heavy atom. The van der Waals surface area contributed by atoms with E-state index in [1.807, 2.05) is 13.8 Å². The fraction of sp³-hybridized carbons (Fsp3) is 0.429. The van der Waals surface area contributed by atoms with E-state index in [9.17, 15) is 14.7 Å². The van der Waals surface area contributed by atoms with Gasteiger partial charge in [-0.1, -0.05) is 26.0 Å². The molecule has 5 nitrogen and oxygen atoms in total. The van der Waals surface area contributed by atoms with Crippen molar-refractivity contribution in [2.45, 2.75) is 31.6 Å². The van der Waals surface area contributed by atoms with Gasteiger partial charge in [-0.3, -0.25) is 4.79 Å². The monoisotopic (exact) mass is 297 g/mol. The number of hydrogen-bond donors (Lipinski definition) is 3. The Labute approximate surface area is 122 Å². The molecular formula is C14H19NO4S. The molecule has 110 valence electrons. The average molecular weight is 297 g/mol. The van der Waals surface area contributed by atoms with Crippen molar-refractivity contribution in [3.05, 3.63) is 29.8 Å². The first-order valence-electron chi connectivity index (χ1n) is 6.30. The number of carbonyl (C=O) groups excluding carboxylic acids is 1. The summed E-state index contributed by atoms with van der Waals surface area (Å²) in [6.07, 6.45) is 0.188. The number of thioether (sulfide) groups is 1. The third-order valence-electron chi connectivity index (χ3n) is 2.56. The lowest BCUT2D eigenvalue weighted by molar-refractivity contribution is -0.141. The zero-order valence-electron chi connectivity index (χ0n) is 11.5. The SMILES string of the molecule is CC(C)SCC(=O)N[C@@H](Cc1ccc(O)cc1)C(=O)O. The smallest absolute Gasteiger partial charge is 0.326 e. The molecule has 0 saturated heterocycles. The molecule has 0 saturated carbocycles. The molecule has 1 rings (SSSR count). The average Bonchev–Trinajstić information content (AvgIpc) is 2.38. The van der Waals surface area contributed by atoms with Gasteiger partial charge in [0.25, 0.3) is 0 Å². The minimum Gasteiger partial charge on any atom is -0.508 e. The van der Waals surface area contributed by atoms with Gasteiger partial charge in [0.1, 0.15) is 11.8 Å². The molecule has 0 heterocycles. The van der Waals surface area contributed by atoms with E-state index in [0.717, 1.165) is 5.56 Å². The van der Waals surface area contributed by atoms with Crippen molar-refractivity contribution in [2.24, 2.45) is 0 Å². The minimum absolute atomic E-state index is 0.123. The van der Waals surface area contributed by atoms with Crippen molar-refractivity contribution in [3.8, 4) is 5.75 Å². The van der Waals surface area contributed by atoms with E-state index in [2.05, 4.69) is 5.32 Å². The van der Waals surface area contributed by atoms with E-state index in [0.29, 0.717) is 5.25 Å². The second-order valence-corrected chi connectivity index (χ2v) is 6.25. The molecule has 0 fully saturated rings. The number of aliphatic carboxylic acids is 1. The third-order valence-corrected chi connectivity index (χ3v) is 3.65. The predicted molar refractivity (Wildman–Crippen MR) is 79.0 cm³/mol. The standard InChI is InChI=1S/C14H19NO4S/c1-9(2)20-8-13(17)15-12(14(18)19)7-10-3-5-11(16)6-4-10/h3-6,9,12,16H,7-8H2,1-2H3,(H,15,17)(H,18,19)/t12-/m0/s1. The lowest BCUT2D eigenvalue weighted by Crippen LogP contribution is -2.43. The van der Waals surface area contributed by atoms with Gasteiger partial charge in [-0.05, 0) is 22.9 Å². The van der Waals surface area contributed by atoms with Crippen LogP contribution in [0.4, 0.5) is 0 Å². The molecule has 0 aliphatic rings. The van der Waals surface area contributed by atoms with Gasteiger partial charge < -0.3 is 15.5 Å². The Kier molecular flexibility index (Phi) is 6.38. The van der Waals surface area contributed by atoms with Gasteiger partial charge in [0.05, 0.1) is 5.75 Å². The third kappa shape index (κ3) is 5.97. The van der Waals surface area contributed by atoms with Gasteiger partial charge in [0.15, 0.2) is 0 Å². The number of carbonyl (C=O) groups is 2. The number of phenolic OH excluding ortho intramolecular Hbond substituents is 1. The number of phenols is 1. The first-order chi connectivity index (χ1) is 9.38. The highest BCUT2D eigenvalue weighted by Crippen LogP contribution is 2.12. The summed E-state index contributed by atoms with van der Waals surface area (Å²) in [5, 5.41) is 21.2. The van der Waals surface area contributed by atoms with Gasteiger partial charge in [-0.2, -0.15) is 0 Å². The van der Waals surface area contributed by atoms with Crippen molar-refractivity contribution in [2.75, 3.05) is 5.75 Å². The summed E-state index contributed by atoms with van der Waals surface area (Å²) in [7, 11) is 0. The molecule has 1 atom stereocenters. The number of carboxylic acid groups (broad SMARTS) is 1. The molecule has 1 amide bonds. The molecule has 0 radical (unpaired) electrons. The van der Waals surface area contributed by atoms with Crippen LogP contribution in [0.2, 0.25) is 0 Å². The Morgan fingerprint density at radius 2 is 1.85 bits per heavy atom. The van der Waals surface area contributed by atoms with Gasteiger partial charge in [-0.15, -0.1) is 11.8 Å². The first-order valence-corrected chi connectivity index (χ1v) is 7.35. The van der Waals surface area contributed by atoms with Crippen LogP contribution in [0.15, 0.2) is 24.3 Å². The molecular weight excluding hydrogens is 278 g/mol. The van der Waals surface area contributed by atoms with Crippen LogP contribution in [-0.2, 0) is 16.0 Å². The van der Waals surface area contributed by atoms with Crippen LogP contribution in [0.1, 0.15) is 19.4 Å². The maximum Gasteiger partial charge on any atom is 0.326 e. The second-order valence-electron chi connectivity index (χ2n) is 4.69. The molecule has 0 aliphatic heterocycles. The molecule has 3 N–H and O–H groups in total. The normalized spacial score (nSPS) is 12.2. The lowest BCUT2D eigenvalue weighted by atomic mass is 10.1. The summed E-state index contributed by atoms with van der Waals surface area (Å²) in [6, 6.07) is 5.30. The first kappa shape index (κ1) is 16.4. The van der Waals surface area contributed by atoms with Crippen molar-refractivity contribution in [1.29, 1.82) is 0 Å². The number of nitrogens with one attached hydrogen (secondary N) is 1. The molecule has 1 aromatic rings. The molecule has 0 bridgehead atoms.